The van der Waals surface area contributed by atoms with Crippen LogP contribution in [-0.4, -0.2) is 4.98 Å². The van der Waals surface area contributed by atoms with Crippen LogP contribution in [0.2, 0.25) is 0 Å². The van der Waals surface area contributed by atoms with Gasteiger partial charge in [0.25, 0.3) is 0 Å². The molecule has 2 rings (SSSR count). The molecule has 0 radical (unpaired) electrons. The highest BCUT2D eigenvalue weighted by Gasteiger charge is 2.06. The first-order valence-electron chi connectivity index (χ1n) is 7.33. The molecule has 1 aromatic carbocycles. The molecule has 1 heterocycles. The zero-order chi connectivity index (χ0) is 15.1. The van der Waals surface area contributed by atoms with E-state index in [2.05, 4.69) is 37.0 Å². The minimum absolute atomic E-state index is 0.0595. The third-order valence-corrected chi connectivity index (χ3v) is 3.36. The van der Waals surface area contributed by atoms with Crippen LogP contribution in [0.3, 0.4) is 0 Å². The molecule has 0 aliphatic heterocycles. The van der Waals surface area contributed by atoms with Crippen LogP contribution >= 0.6 is 0 Å². The monoisotopic (exact) mass is 279 g/mol. The standard InChI is InChI=1S/C19H21NO/c1-3-4-5-7-10-15(2)17-13-18(20-19(21)14-17)16-11-8-6-9-12-16/h4-15H,3H2,1-2H3,(H,20,21)/b5-4-,10-7-. The SMILES string of the molecule is CC/C=C\C=C/C(C)c1cc(-c2ccccc2)[nH]c(=O)c1. The number of rotatable bonds is 5. The lowest BCUT2D eigenvalue weighted by atomic mass is 9.99. The fourth-order valence-electron chi connectivity index (χ4n) is 2.16. The Bertz CT molecular complexity index is 680. The van der Waals surface area contributed by atoms with E-state index >= 15 is 0 Å². The van der Waals surface area contributed by atoms with E-state index in [0.29, 0.717) is 0 Å². The van der Waals surface area contributed by atoms with Gasteiger partial charge in [-0.2, -0.15) is 0 Å². The van der Waals surface area contributed by atoms with E-state index in [9.17, 15) is 4.79 Å². The Labute approximate surface area is 125 Å². The maximum absolute atomic E-state index is 11.9. The summed E-state index contributed by atoms with van der Waals surface area (Å²) in [6.45, 7) is 4.20. The topological polar surface area (TPSA) is 32.9 Å². The fraction of sp³-hybridized carbons (Fsp3) is 0.211. The molecule has 0 amide bonds. The first-order valence-corrected chi connectivity index (χ1v) is 7.33. The van der Waals surface area contributed by atoms with Crippen molar-refractivity contribution in [2.45, 2.75) is 26.2 Å². The first kappa shape index (κ1) is 15.0. The van der Waals surface area contributed by atoms with Gasteiger partial charge in [-0.15, -0.1) is 0 Å². The van der Waals surface area contributed by atoms with Crippen molar-refractivity contribution in [1.82, 2.24) is 4.98 Å². The number of benzene rings is 1. The van der Waals surface area contributed by atoms with Crippen molar-refractivity contribution >= 4 is 0 Å². The largest absolute Gasteiger partial charge is 0.322 e. The van der Waals surface area contributed by atoms with Gasteiger partial charge in [0.05, 0.1) is 0 Å². The predicted octanol–water partition coefficient (Wildman–Crippen LogP) is 4.67. The van der Waals surface area contributed by atoms with Crippen LogP contribution in [0.25, 0.3) is 11.3 Å². The molecule has 2 aromatic rings. The summed E-state index contributed by atoms with van der Waals surface area (Å²) in [7, 11) is 0. The second-order valence-corrected chi connectivity index (χ2v) is 5.07. The van der Waals surface area contributed by atoms with Crippen LogP contribution in [-0.2, 0) is 0 Å². The van der Waals surface area contributed by atoms with Crippen LogP contribution in [0.15, 0.2) is 71.6 Å². The maximum atomic E-state index is 11.9. The molecule has 0 aliphatic rings. The minimum Gasteiger partial charge on any atom is -0.322 e. The molecule has 2 nitrogen and oxygen atoms in total. The molecule has 1 aromatic heterocycles. The van der Waals surface area contributed by atoms with Crippen molar-refractivity contribution in [2.24, 2.45) is 0 Å². The van der Waals surface area contributed by atoms with Gasteiger partial charge in [-0.1, -0.05) is 68.5 Å². The van der Waals surface area contributed by atoms with Gasteiger partial charge in [-0.05, 0) is 29.5 Å². The van der Waals surface area contributed by atoms with Gasteiger partial charge in [0, 0.05) is 11.8 Å². The van der Waals surface area contributed by atoms with Crippen LogP contribution in [0.4, 0.5) is 0 Å². The van der Waals surface area contributed by atoms with Crippen molar-refractivity contribution in [3.8, 4) is 11.3 Å². The van der Waals surface area contributed by atoms with Gasteiger partial charge in [-0.3, -0.25) is 4.79 Å². The van der Waals surface area contributed by atoms with Crippen molar-refractivity contribution < 1.29 is 0 Å². The van der Waals surface area contributed by atoms with Crippen molar-refractivity contribution in [1.29, 1.82) is 0 Å². The molecule has 0 bridgehead atoms. The average Bonchev–Trinajstić information content (AvgIpc) is 2.51. The number of H-pyrrole nitrogens is 1. The number of nitrogens with one attached hydrogen (secondary N) is 1. The number of hydrogen-bond acceptors (Lipinski definition) is 1. The lowest BCUT2D eigenvalue weighted by molar-refractivity contribution is 0.955. The van der Waals surface area contributed by atoms with E-state index in [1.165, 1.54) is 0 Å². The number of aromatic amines is 1. The zero-order valence-corrected chi connectivity index (χ0v) is 12.5. The molecule has 0 saturated carbocycles. The Morgan fingerprint density at radius 3 is 2.62 bits per heavy atom. The summed E-state index contributed by atoms with van der Waals surface area (Å²) in [5.41, 5.74) is 2.86. The van der Waals surface area contributed by atoms with Crippen molar-refractivity contribution in [3.63, 3.8) is 0 Å². The van der Waals surface area contributed by atoms with Gasteiger partial charge < -0.3 is 4.98 Å². The summed E-state index contributed by atoms with van der Waals surface area (Å²) >= 11 is 0. The molecular formula is C19H21NO. The molecule has 21 heavy (non-hydrogen) atoms. The third kappa shape index (κ3) is 4.32. The molecule has 0 spiro atoms. The molecule has 1 atom stereocenters. The van der Waals surface area contributed by atoms with Crippen molar-refractivity contribution in [2.75, 3.05) is 0 Å². The lowest BCUT2D eigenvalue weighted by Gasteiger charge is -2.09. The van der Waals surface area contributed by atoms with E-state index < -0.39 is 0 Å². The van der Waals surface area contributed by atoms with Crippen LogP contribution in [0, 0.1) is 0 Å². The number of pyridine rings is 1. The molecule has 1 N–H and O–H groups in total. The lowest BCUT2D eigenvalue weighted by Crippen LogP contribution is -2.08. The fourth-order valence-corrected chi connectivity index (χ4v) is 2.16. The first-order chi connectivity index (χ1) is 10.2. The summed E-state index contributed by atoms with van der Waals surface area (Å²) in [6.07, 6.45) is 9.33. The molecule has 0 aliphatic carbocycles. The smallest absolute Gasteiger partial charge is 0.248 e. The van der Waals surface area contributed by atoms with E-state index in [-0.39, 0.29) is 11.5 Å². The van der Waals surface area contributed by atoms with Gasteiger partial charge in [0.15, 0.2) is 0 Å². The Morgan fingerprint density at radius 2 is 1.90 bits per heavy atom. The highest BCUT2D eigenvalue weighted by Crippen LogP contribution is 2.21. The predicted molar refractivity (Wildman–Crippen MR) is 89.5 cm³/mol. The summed E-state index contributed by atoms with van der Waals surface area (Å²) in [5, 5.41) is 0. The normalized spacial score (nSPS) is 13.0. The molecule has 2 heteroatoms. The average molecular weight is 279 g/mol. The quantitative estimate of drug-likeness (QED) is 0.793. The highest BCUT2D eigenvalue weighted by molar-refractivity contribution is 5.59. The summed E-state index contributed by atoms with van der Waals surface area (Å²) in [6, 6.07) is 13.6. The second-order valence-electron chi connectivity index (χ2n) is 5.07. The Balaban J connectivity index is 2.29. The Hall–Kier alpha value is -2.35. The highest BCUT2D eigenvalue weighted by atomic mass is 16.1. The molecule has 0 saturated heterocycles. The third-order valence-electron chi connectivity index (χ3n) is 3.36. The van der Waals surface area contributed by atoms with Gasteiger partial charge in [0.1, 0.15) is 0 Å². The summed E-state index contributed by atoms with van der Waals surface area (Å²) in [5.74, 6) is 0.205. The molecule has 108 valence electrons. The van der Waals surface area contributed by atoms with E-state index in [0.717, 1.165) is 23.2 Å². The number of hydrogen-bond donors (Lipinski definition) is 1. The molecule has 1 unspecified atom stereocenters. The van der Waals surface area contributed by atoms with Gasteiger partial charge >= 0.3 is 0 Å². The van der Waals surface area contributed by atoms with Crippen LogP contribution in [0.1, 0.15) is 31.7 Å². The van der Waals surface area contributed by atoms with Gasteiger partial charge in [0.2, 0.25) is 5.56 Å². The van der Waals surface area contributed by atoms with E-state index in [1.807, 2.05) is 42.5 Å². The number of aromatic nitrogens is 1. The maximum Gasteiger partial charge on any atom is 0.248 e. The van der Waals surface area contributed by atoms with Gasteiger partial charge in [-0.25, -0.2) is 0 Å². The summed E-state index contributed by atoms with van der Waals surface area (Å²) in [4.78, 5) is 14.8. The Morgan fingerprint density at radius 1 is 1.14 bits per heavy atom. The van der Waals surface area contributed by atoms with E-state index in [4.69, 9.17) is 0 Å². The summed E-state index contributed by atoms with van der Waals surface area (Å²) < 4.78 is 0. The van der Waals surface area contributed by atoms with Crippen LogP contribution in [0.5, 0.6) is 0 Å². The van der Waals surface area contributed by atoms with Crippen LogP contribution < -0.4 is 5.56 Å². The second kappa shape index (κ2) is 7.44. The van der Waals surface area contributed by atoms with E-state index in [1.54, 1.807) is 6.07 Å². The Kier molecular flexibility index (Phi) is 5.33. The zero-order valence-electron chi connectivity index (χ0n) is 12.5. The van der Waals surface area contributed by atoms with Crippen molar-refractivity contribution in [3.05, 3.63) is 82.7 Å². The molecular weight excluding hydrogens is 258 g/mol. The molecule has 0 fully saturated rings. The minimum atomic E-state index is -0.0595. The number of allylic oxidation sites excluding steroid dienone is 4.